The van der Waals surface area contributed by atoms with Crippen LogP contribution in [0, 0.1) is 5.92 Å². The van der Waals surface area contributed by atoms with E-state index in [2.05, 4.69) is 23.1 Å². The molecule has 1 fully saturated rings. The van der Waals surface area contributed by atoms with Crippen LogP contribution in [0.1, 0.15) is 18.0 Å². The molecule has 1 saturated heterocycles. The third-order valence-electron chi connectivity index (χ3n) is 4.74. The van der Waals surface area contributed by atoms with Gasteiger partial charge in [0.15, 0.2) is 0 Å². The van der Waals surface area contributed by atoms with Crippen molar-refractivity contribution in [1.29, 1.82) is 0 Å². The van der Waals surface area contributed by atoms with Gasteiger partial charge < -0.3 is 15.2 Å². The van der Waals surface area contributed by atoms with Crippen LogP contribution < -0.4 is 16.2 Å². The second-order valence-corrected chi connectivity index (χ2v) is 6.19. The van der Waals surface area contributed by atoms with Crippen molar-refractivity contribution in [2.75, 3.05) is 23.7 Å². The van der Waals surface area contributed by atoms with Gasteiger partial charge in [-0.25, -0.2) is 0 Å². The fourth-order valence-corrected chi connectivity index (χ4v) is 3.79. The van der Waals surface area contributed by atoms with Crippen LogP contribution in [0.3, 0.4) is 0 Å². The number of anilines is 2. The second kappa shape index (κ2) is 4.65. The molecule has 2 atom stereocenters. The molecule has 0 spiro atoms. The normalized spacial score (nSPS) is 23.7. The number of aromatic nitrogens is 1. The Kier molecular flexibility index (Phi) is 2.77. The Morgan fingerprint density at radius 2 is 1.81 bits per heavy atom. The van der Waals surface area contributed by atoms with Gasteiger partial charge in [0, 0.05) is 48.7 Å². The van der Waals surface area contributed by atoms with E-state index in [1.165, 1.54) is 17.8 Å². The highest BCUT2D eigenvalue weighted by molar-refractivity contribution is 5.54. The molecule has 0 amide bonds. The fraction of sp³-hybridized carbons (Fsp3) is 0.353. The first kappa shape index (κ1) is 12.5. The number of fused-ring (bicyclic) bond motifs is 4. The molecule has 1 aromatic carbocycles. The average Bonchev–Trinajstić information content (AvgIpc) is 2.49. The number of benzene rings is 1. The highest BCUT2D eigenvalue weighted by Crippen LogP contribution is 2.36. The zero-order valence-corrected chi connectivity index (χ0v) is 11.9. The smallest absolute Gasteiger partial charge is 0.250 e. The van der Waals surface area contributed by atoms with Gasteiger partial charge in [0.1, 0.15) is 0 Å². The summed E-state index contributed by atoms with van der Waals surface area (Å²) in [4.78, 5) is 14.4. The number of rotatable bonds is 1. The molecule has 0 radical (unpaired) electrons. The summed E-state index contributed by atoms with van der Waals surface area (Å²) in [5.74, 6) is 0.998. The summed E-state index contributed by atoms with van der Waals surface area (Å²) >= 11 is 0. The van der Waals surface area contributed by atoms with Crippen molar-refractivity contribution in [2.24, 2.45) is 5.92 Å². The molecule has 1 aromatic heterocycles. The number of hydrogen-bond donors (Lipinski definition) is 1. The Morgan fingerprint density at radius 3 is 2.62 bits per heavy atom. The van der Waals surface area contributed by atoms with Crippen molar-refractivity contribution >= 4 is 11.4 Å². The number of nitrogens with zero attached hydrogens (tertiary/aromatic N) is 2. The van der Waals surface area contributed by atoms with E-state index in [9.17, 15) is 4.79 Å². The van der Waals surface area contributed by atoms with Gasteiger partial charge in [-0.05, 0) is 42.7 Å². The Balaban J connectivity index is 1.68. The maximum atomic E-state index is 12.0. The molecule has 2 aromatic rings. The van der Waals surface area contributed by atoms with Crippen molar-refractivity contribution < 1.29 is 0 Å². The van der Waals surface area contributed by atoms with E-state index < -0.39 is 0 Å². The van der Waals surface area contributed by atoms with Gasteiger partial charge in [-0.3, -0.25) is 4.79 Å². The van der Waals surface area contributed by atoms with Gasteiger partial charge in [0.25, 0.3) is 5.56 Å². The van der Waals surface area contributed by atoms with Gasteiger partial charge in [-0.15, -0.1) is 0 Å². The van der Waals surface area contributed by atoms with Gasteiger partial charge in [-0.2, -0.15) is 0 Å². The molecule has 2 aliphatic heterocycles. The molecular weight excluding hydrogens is 262 g/mol. The predicted molar refractivity (Wildman–Crippen MR) is 84.6 cm³/mol. The lowest BCUT2D eigenvalue weighted by molar-refractivity contribution is 0.281. The molecule has 2 aliphatic rings. The van der Waals surface area contributed by atoms with Crippen LogP contribution in [0.4, 0.5) is 11.4 Å². The molecule has 2 bridgehead atoms. The van der Waals surface area contributed by atoms with Crippen LogP contribution in [-0.4, -0.2) is 17.7 Å². The SMILES string of the molecule is Nc1ccc(N2CC3CC(C2)c2cccc(=O)n2C3)cc1. The quantitative estimate of drug-likeness (QED) is 0.814. The molecule has 108 valence electrons. The van der Waals surface area contributed by atoms with Crippen LogP contribution in [0.5, 0.6) is 0 Å². The van der Waals surface area contributed by atoms with E-state index in [1.54, 1.807) is 6.07 Å². The molecule has 4 heteroatoms. The Hall–Kier alpha value is -2.23. The largest absolute Gasteiger partial charge is 0.399 e. The zero-order valence-electron chi connectivity index (χ0n) is 11.9. The van der Waals surface area contributed by atoms with Crippen molar-refractivity contribution in [3.8, 4) is 0 Å². The minimum Gasteiger partial charge on any atom is -0.399 e. The van der Waals surface area contributed by atoms with E-state index in [0.29, 0.717) is 11.8 Å². The van der Waals surface area contributed by atoms with Crippen LogP contribution in [0.15, 0.2) is 47.3 Å². The van der Waals surface area contributed by atoms with E-state index in [4.69, 9.17) is 5.73 Å². The monoisotopic (exact) mass is 281 g/mol. The van der Waals surface area contributed by atoms with E-state index >= 15 is 0 Å². The number of piperidine rings is 1. The molecule has 2 unspecified atom stereocenters. The Labute approximate surface area is 123 Å². The van der Waals surface area contributed by atoms with Crippen molar-refractivity contribution in [3.63, 3.8) is 0 Å². The predicted octanol–water partition coefficient (Wildman–Crippen LogP) is 2.05. The third kappa shape index (κ3) is 2.11. The van der Waals surface area contributed by atoms with E-state index in [1.807, 2.05) is 22.8 Å². The Bertz CT molecular complexity index is 720. The summed E-state index contributed by atoms with van der Waals surface area (Å²) in [5.41, 5.74) is 9.13. The molecule has 4 nitrogen and oxygen atoms in total. The first-order chi connectivity index (χ1) is 10.2. The molecule has 0 saturated carbocycles. The van der Waals surface area contributed by atoms with Crippen molar-refractivity contribution in [3.05, 3.63) is 58.5 Å². The minimum atomic E-state index is 0.142. The van der Waals surface area contributed by atoms with E-state index in [-0.39, 0.29) is 5.56 Å². The summed E-state index contributed by atoms with van der Waals surface area (Å²) in [6, 6.07) is 13.8. The van der Waals surface area contributed by atoms with Crippen LogP contribution >= 0.6 is 0 Å². The molecule has 4 rings (SSSR count). The lowest BCUT2D eigenvalue weighted by atomic mass is 9.83. The lowest BCUT2D eigenvalue weighted by Gasteiger charge is -2.43. The average molecular weight is 281 g/mol. The summed E-state index contributed by atoms with van der Waals surface area (Å²) in [7, 11) is 0. The first-order valence-electron chi connectivity index (χ1n) is 7.51. The lowest BCUT2D eigenvalue weighted by Crippen LogP contribution is -2.47. The minimum absolute atomic E-state index is 0.142. The van der Waals surface area contributed by atoms with Gasteiger partial charge >= 0.3 is 0 Å². The molecule has 0 aliphatic carbocycles. The van der Waals surface area contributed by atoms with E-state index in [0.717, 1.165) is 25.3 Å². The molecule has 21 heavy (non-hydrogen) atoms. The van der Waals surface area contributed by atoms with Gasteiger partial charge in [-0.1, -0.05) is 6.07 Å². The van der Waals surface area contributed by atoms with Crippen molar-refractivity contribution in [1.82, 2.24) is 4.57 Å². The topological polar surface area (TPSA) is 51.3 Å². The second-order valence-electron chi connectivity index (χ2n) is 6.19. The number of pyridine rings is 1. The van der Waals surface area contributed by atoms with Crippen LogP contribution in [-0.2, 0) is 6.54 Å². The standard InChI is InChI=1S/C17H19N3O/c18-14-4-6-15(7-5-14)19-9-12-8-13(11-19)16-2-1-3-17(21)20(16)10-12/h1-7,12-13H,8-11,18H2. The summed E-state index contributed by atoms with van der Waals surface area (Å²) in [6.07, 6.45) is 1.19. The highest BCUT2D eigenvalue weighted by Gasteiger charge is 2.34. The summed E-state index contributed by atoms with van der Waals surface area (Å²) in [5, 5.41) is 0. The third-order valence-corrected chi connectivity index (χ3v) is 4.74. The number of nitrogens with two attached hydrogens (primary N) is 1. The maximum absolute atomic E-state index is 12.0. The maximum Gasteiger partial charge on any atom is 0.250 e. The van der Waals surface area contributed by atoms with Gasteiger partial charge in [0.2, 0.25) is 0 Å². The molecule has 2 N–H and O–H groups in total. The zero-order chi connectivity index (χ0) is 14.4. The number of hydrogen-bond acceptors (Lipinski definition) is 3. The molecule has 3 heterocycles. The summed E-state index contributed by atoms with van der Waals surface area (Å²) in [6.45, 7) is 2.84. The fourth-order valence-electron chi connectivity index (χ4n) is 3.79. The van der Waals surface area contributed by atoms with Gasteiger partial charge in [0.05, 0.1) is 0 Å². The Morgan fingerprint density at radius 1 is 1.00 bits per heavy atom. The first-order valence-corrected chi connectivity index (χ1v) is 7.51. The summed E-state index contributed by atoms with van der Waals surface area (Å²) < 4.78 is 1.97. The van der Waals surface area contributed by atoms with Crippen molar-refractivity contribution in [2.45, 2.75) is 18.9 Å². The highest BCUT2D eigenvalue weighted by atomic mass is 16.1. The van der Waals surface area contributed by atoms with Crippen LogP contribution in [0.2, 0.25) is 0 Å². The van der Waals surface area contributed by atoms with Crippen LogP contribution in [0.25, 0.3) is 0 Å². The number of nitrogen functional groups attached to an aromatic ring is 1. The molecular formula is C17H19N3O.